The highest BCUT2D eigenvalue weighted by molar-refractivity contribution is 8.77. The average molecular weight is 263 g/mol. The van der Waals surface area contributed by atoms with Crippen molar-refractivity contribution in [2.45, 2.75) is 50.3 Å². The molecule has 0 aliphatic carbocycles. The van der Waals surface area contributed by atoms with E-state index in [2.05, 4.69) is 5.32 Å². The number of rotatable bonds is 7. The molecule has 0 aromatic carbocycles. The molecule has 0 radical (unpaired) electrons. The first-order valence-electron chi connectivity index (χ1n) is 5.91. The lowest BCUT2D eigenvalue weighted by Crippen LogP contribution is -2.34. The van der Waals surface area contributed by atoms with Gasteiger partial charge in [-0.15, -0.1) is 0 Å². The minimum absolute atomic E-state index is 0.0156. The van der Waals surface area contributed by atoms with Gasteiger partial charge in [0.25, 0.3) is 0 Å². The molecule has 1 aliphatic rings. The van der Waals surface area contributed by atoms with Crippen molar-refractivity contribution in [2.24, 2.45) is 0 Å². The van der Waals surface area contributed by atoms with Crippen LogP contribution in [0.4, 0.5) is 0 Å². The van der Waals surface area contributed by atoms with Crippen LogP contribution in [-0.2, 0) is 4.79 Å². The number of hydrogen-bond acceptors (Lipinski definition) is 4. The van der Waals surface area contributed by atoms with Gasteiger partial charge in [0.15, 0.2) is 0 Å². The number of carbonyl (C=O) groups is 1. The van der Waals surface area contributed by atoms with Crippen LogP contribution >= 0.6 is 21.6 Å². The minimum Gasteiger partial charge on any atom is -0.394 e. The lowest BCUT2D eigenvalue weighted by Gasteiger charge is -2.11. The topological polar surface area (TPSA) is 49.3 Å². The molecule has 0 aromatic rings. The summed E-state index contributed by atoms with van der Waals surface area (Å²) in [6, 6.07) is -0.116. The van der Waals surface area contributed by atoms with Gasteiger partial charge in [0.2, 0.25) is 5.91 Å². The van der Waals surface area contributed by atoms with Gasteiger partial charge >= 0.3 is 0 Å². The van der Waals surface area contributed by atoms with Crippen LogP contribution in [0.1, 0.15) is 39.0 Å². The molecule has 0 saturated carbocycles. The van der Waals surface area contributed by atoms with E-state index in [1.807, 2.05) is 28.5 Å². The number of amides is 1. The van der Waals surface area contributed by atoms with Crippen molar-refractivity contribution in [3.05, 3.63) is 0 Å². The number of unbranched alkanes of at least 4 members (excludes halogenated alkanes) is 1. The Morgan fingerprint density at radius 1 is 1.56 bits per heavy atom. The van der Waals surface area contributed by atoms with Crippen molar-refractivity contribution >= 4 is 27.5 Å². The Balaban J connectivity index is 1.95. The summed E-state index contributed by atoms with van der Waals surface area (Å²) in [5.74, 6) is 1.35. The first-order valence-corrected chi connectivity index (χ1v) is 8.29. The Hall–Kier alpha value is 0.130. The lowest BCUT2D eigenvalue weighted by molar-refractivity contribution is -0.122. The Labute approximate surface area is 106 Å². The Kier molecular flexibility index (Phi) is 7.32. The van der Waals surface area contributed by atoms with E-state index in [-0.39, 0.29) is 18.6 Å². The molecule has 0 bridgehead atoms. The van der Waals surface area contributed by atoms with Gasteiger partial charge in [-0.2, -0.15) is 0 Å². The van der Waals surface area contributed by atoms with Crippen LogP contribution in [-0.4, -0.2) is 34.7 Å². The molecule has 5 heteroatoms. The molecule has 1 fully saturated rings. The average Bonchev–Trinajstić information content (AvgIpc) is 2.77. The number of hydrogen-bond donors (Lipinski definition) is 2. The van der Waals surface area contributed by atoms with Gasteiger partial charge in [-0.1, -0.05) is 28.0 Å². The SMILES string of the molecule is CC(CO)NC(=O)CCCCC1CCSS1. The molecule has 1 aliphatic heterocycles. The summed E-state index contributed by atoms with van der Waals surface area (Å²) in [4.78, 5) is 11.4. The van der Waals surface area contributed by atoms with Crippen LogP contribution in [0.25, 0.3) is 0 Å². The van der Waals surface area contributed by atoms with Crippen LogP contribution in [0.5, 0.6) is 0 Å². The largest absolute Gasteiger partial charge is 0.394 e. The molecule has 16 heavy (non-hydrogen) atoms. The predicted octanol–water partition coefficient (Wildman–Crippen LogP) is 2.20. The van der Waals surface area contributed by atoms with E-state index in [0.29, 0.717) is 6.42 Å². The van der Waals surface area contributed by atoms with E-state index in [4.69, 9.17) is 5.11 Å². The number of carbonyl (C=O) groups excluding carboxylic acids is 1. The zero-order valence-corrected chi connectivity index (χ0v) is 11.4. The van der Waals surface area contributed by atoms with E-state index in [0.717, 1.165) is 18.1 Å². The van der Waals surface area contributed by atoms with Crippen LogP contribution in [0.2, 0.25) is 0 Å². The monoisotopic (exact) mass is 263 g/mol. The Morgan fingerprint density at radius 2 is 2.38 bits per heavy atom. The molecule has 94 valence electrons. The molecular weight excluding hydrogens is 242 g/mol. The first-order chi connectivity index (χ1) is 7.72. The van der Waals surface area contributed by atoms with E-state index >= 15 is 0 Å². The highest BCUT2D eigenvalue weighted by atomic mass is 33.1. The Bertz CT molecular complexity index is 208. The molecule has 0 spiro atoms. The summed E-state index contributed by atoms with van der Waals surface area (Å²) in [5.41, 5.74) is 0. The van der Waals surface area contributed by atoms with Gasteiger partial charge in [0.1, 0.15) is 0 Å². The maximum absolute atomic E-state index is 11.4. The van der Waals surface area contributed by atoms with Crippen LogP contribution in [0, 0.1) is 0 Å². The second-order valence-electron chi connectivity index (χ2n) is 4.23. The molecule has 1 amide bonds. The van der Waals surface area contributed by atoms with E-state index in [9.17, 15) is 4.79 Å². The van der Waals surface area contributed by atoms with Crippen molar-refractivity contribution in [2.75, 3.05) is 12.4 Å². The molecule has 3 nitrogen and oxygen atoms in total. The van der Waals surface area contributed by atoms with E-state index in [1.54, 1.807) is 0 Å². The highest BCUT2D eigenvalue weighted by Crippen LogP contribution is 2.39. The van der Waals surface area contributed by atoms with Crippen LogP contribution in [0.15, 0.2) is 0 Å². The third-order valence-electron chi connectivity index (χ3n) is 2.59. The van der Waals surface area contributed by atoms with Crippen LogP contribution in [0.3, 0.4) is 0 Å². The first kappa shape index (κ1) is 14.2. The molecule has 1 heterocycles. The second kappa shape index (κ2) is 8.25. The third-order valence-corrected chi connectivity index (χ3v) is 5.60. The smallest absolute Gasteiger partial charge is 0.220 e. The van der Waals surface area contributed by atoms with Gasteiger partial charge in [-0.05, 0) is 26.2 Å². The molecular formula is C11H21NO2S2. The predicted molar refractivity (Wildman–Crippen MR) is 71.6 cm³/mol. The summed E-state index contributed by atoms with van der Waals surface area (Å²) >= 11 is 0. The molecule has 2 unspecified atom stereocenters. The standard InChI is InChI=1S/C11H21NO2S2/c1-9(8-13)12-11(14)5-3-2-4-10-6-7-15-16-10/h9-10,13H,2-8H2,1H3,(H,12,14). The summed E-state index contributed by atoms with van der Waals surface area (Å²) in [5, 5.41) is 12.3. The summed E-state index contributed by atoms with van der Waals surface area (Å²) in [7, 11) is 3.97. The highest BCUT2D eigenvalue weighted by Gasteiger charge is 2.15. The fourth-order valence-electron chi connectivity index (χ4n) is 1.61. The summed E-state index contributed by atoms with van der Waals surface area (Å²) in [6.07, 6.45) is 5.25. The fourth-order valence-corrected chi connectivity index (χ4v) is 4.64. The van der Waals surface area contributed by atoms with Gasteiger partial charge in [-0.3, -0.25) is 4.79 Å². The Morgan fingerprint density at radius 3 is 3.00 bits per heavy atom. The van der Waals surface area contributed by atoms with Crippen molar-refractivity contribution in [3.8, 4) is 0 Å². The molecule has 2 atom stereocenters. The van der Waals surface area contributed by atoms with Crippen molar-refractivity contribution in [1.82, 2.24) is 5.32 Å². The maximum atomic E-state index is 11.4. The van der Waals surface area contributed by atoms with Crippen molar-refractivity contribution in [3.63, 3.8) is 0 Å². The second-order valence-corrected chi connectivity index (χ2v) is 7.01. The molecule has 1 saturated heterocycles. The molecule has 1 rings (SSSR count). The number of nitrogens with one attached hydrogen (secondary N) is 1. The fraction of sp³-hybridized carbons (Fsp3) is 0.909. The van der Waals surface area contributed by atoms with Gasteiger partial charge < -0.3 is 10.4 Å². The minimum atomic E-state index is -0.116. The van der Waals surface area contributed by atoms with Gasteiger partial charge in [0.05, 0.1) is 6.61 Å². The van der Waals surface area contributed by atoms with Gasteiger partial charge in [-0.25, -0.2) is 0 Å². The lowest BCUT2D eigenvalue weighted by atomic mass is 10.1. The zero-order valence-electron chi connectivity index (χ0n) is 9.78. The molecule has 2 N–H and O–H groups in total. The normalized spacial score (nSPS) is 22.0. The van der Waals surface area contributed by atoms with Gasteiger partial charge in [0, 0.05) is 23.5 Å². The quantitative estimate of drug-likeness (QED) is 0.546. The maximum Gasteiger partial charge on any atom is 0.220 e. The van der Waals surface area contributed by atoms with E-state index in [1.165, 1.54) is 18.6 Å². The summed E-state index contributed by atoms with van der Waals surface area (Å²) < 4.78 is 0. The number of aliphatic hydroxyl groups is 1. The zero-order chi connectivity index (χ0) is 11.8. The summed E-state index contributed by atoms with van der Waals surface area (Å²) in [6.45, 7) is 1.83. The van der Waals surface area contributed by atoms with E-state index < -0.39 is 0 Å². The van der Waals surface area contributed by atoms with Crippen LogP contribution < -0.4 is 5.32 Å². The number of aliphatic hydroxyl groups excluding tert-OH is 1. The third kappa shape index (κ3) is 6.01. The van der Waals surface area contributed by atoms with Crippen molar-refractivity contribution < 1.29 is 9.90 Å². The molecule has 0 aromatic heterocycles. The van der Waals surface area contributed by atoms with Crippen molar-refractivity contribution in [1.29, 1.82) is 0 Å².